The summed E-state index contributed by atoms with van der Waals surface area (Å²) in [5.74, 6) is 2.26. The molecule has 0 aliphatic carbocycles. The first-order valence-electron chi connectivity index (χ1n) is 8.76. The minimum absolute atomic E-state index is 0.546. The molecule has 0 saturated carbocycles. The quantitative estimate of drug-likeness (QED) is 0.705. The fourth-order valence-corrected chi connectivity index (χ4v) is 3.62. The number of amidine groups is 1. The molecule has 6 nitrogen and oxygen atoms in total. The number of ether oxygens (including phenoxy) is 1. The Hall–Kier alpha value is -2.22. The maximum atomic E-state index is 6.54. The average Bonchev–Trinajstić information content (AvgIpc) is 3.17. The summed E-state index contributed by atoms with van der Waals surface area (Å²) in [6, 6.07) is 11.5. The first-order valence-corrected chi connectivity index (χ1v) is 9.91. The van der Waals surface area contributed by atoms with Crippen LogP contribution in [0.25, 0.3) is 0 Å². The largest absolute Gasteiger partial charge is 0.456 e. The highest BCUT2D eigenvalue weighted by Gasteiger charge is 2.24. The Bertz CT molecular complexity index is 917. The minimum atomic E-state index is 0.546. The topological polar surface area (TPSA) is 52.5 Å². The Labute approximate surface area is 168 Å². The van der Waals surface area contributed by atoms with Crippen molar-refractivity contribution in [1.82, 2.24) is 9.21 Å². The molecule has 0 radical (unpaired) electrons. The summed E-state index contributed by atoms with van der Waals surface area (Å²) in [6.07, 6.45) is 1.84. The van der Waals surface area contributed by atoms with Crippen molar-refractivity contribution in [3.05, 3.63) is 47.0 Å². The van der Waals surface area contributed by atoms with Crippen LogP contribution in [0, 0.1) is 0 Å². The van der Waals surface area contributed by atoms with Crippen molar-refractivity contribution in [2.24, 2.45) is 9.98 Å². The fraction of sp³-hybridized carbons (Fsp3) is 0.263. The molecular formula is C19H20ClN5OS. The molecule has 2 aliphatic rings. The van der Waals surface area contributed by atoms with Crippen molar-refractivity contribution in [3.63, 3.8) is 0 Å². The number of benzene rings is 2. The Morgan fingerprint density at radius 1 is 1.33 bits per heavy atom. The van der Waals surface area contributed by atoms with Gasteiger partial charge in [-0.2, -0.15) is 0 Å². The molecular weight excluding hydrogens is 382 g/mol. The van der Waals surface area contributed by atoms with Gasteiger partial charge in [-0.05, 0) is 37.4 Å². The second kappa shape index (κ2) is 7.80. The maximum Gasteiger partial charge on any atom is 0.148 e. The van der Waals surface area contributed by atoms with Gasteiger partial charge in [-0.15, -0.1) is 0 Å². The van der Waals surface area contributed by atoms with Gasteiger partial charge in [0.15, 0.2) is 0 Å². The zero-order chi connectivity index (χ0) is 18.8. The highest BCUT2D eigenvalue weighted by atomic mass is 35.5. The molecule has 0 aromatic heterocycles. The highest BCUT2D eigenvalue weighted by Crippen LogP contribution is 2.38. The standard InChI is InChI=1S/C19H20ClN5OS/c1-3-24(2)27-23-16-5-4-6-17(18(16)20)26-13-7-8-15-14(11-13)19-21-9-10-25(19)12-22-15/h4-8,11-12,23H,3,9-10H2,1-2H3. The molecule has 140 valence electrons. The van der Waals surface area contributed by atoms with E-state index in [1.165, 1.54) is 12.1 Å². The summed E-state index contributed by atoms with van der Waals surface area (Å²) in [5.41, 5.74) is 2.70. The van der Waals surface area contributed by atoms with E-state index in [0.717, 1.165) is 42.4 Å². The zero-order valence-corrected chi connectivity index (χ0v) is 16.7. The van der Waals surface area contributed by atoms with Crippen LogP contribution in [0.5, 0.6) is 11.5 Å². The maximum absolute atomic E-state index is 6.54. The third-order valence-corrected chi connectivity index (χ3v) is 5.64. The van der Waals surface area contributed by atoms with Crippen LogP contribution in [0.3, 0.4) is 0 Å². The molecule has 4 rings (SSSR count). The number of nitrogens with one attached hydrogen (secondary N) is 1. The van der Waals surface area contributed by atoms with Crippen molar-refractivity contribution in [3.8, 4) is 11.5 Å². The van der Waals surface area contributed by atoms with Crippen LogP contribution < -0.4 is 9.46 Å². The summed E-state index contributed by atoms with van der Waals surface area (Å²) in [5, 5.41) is 0.546. The van der Waals surface area contributed by atoms with Gasteiger partial charge >= 0.3 is 0 Å². The lowest BCUT2D eigenvalue weighted by Gasteiger charge is -2.21. The molecule has 2 aromatic rings. The molecule has 1 N–H and O–H groups in total. The van der Waals surface area contributed by atoms with E-state index in [9.17, 15) is 0 Å². The molecule has 0 saturated heterocycles. The number of hydrogen-bond acceptors (Lipinski definition) is 7. The van der Waals surface area contributed by atoms with Crippen LogP contribution in [0.2, 0.25) is 5.02 Å². The van der Waals surface area contributed by atoms with Crippen LogP contribution in [-0.4, -0.2) is 48.1 Å². The van der Waals surface area contributed by atoms with Gasteiger partial charge in [0, 0.05) is 30.8 Å². The van der Waals surface area contributed by atoms with Gasteiger partial charge in [-0.3, -0.25) is 4.99 Å². The third-order valence-electron chi connectivity index (χ3n) is 4.37. The van der Waals surface area contributed by atoms with E-state index in [1.807, 2.05) is 49.8 Å². The van der Waals surface area contributed by atoms with E-state index < -0.39 is 0 Å². The second-order valence-electron chi connectivity index (χ2n) is 6.18. The average molecular weight is 402 g/mol. The summed E-state index contributed by atoms with van der Waals surface area (Å²) in [7, 11) is 2.01. The molecule has 0 amide bonds. The summed E-state index contributed by atoms with van der Waals surface area (Å²) in [4.78, 5) is 11.1. The van der Waals surface area contributed by atoms with Crippen molar-refractivity contribution < 1.29 is 4.74 Å². The summed E-state index contributed by atoms with van der Waals surface area (Å²) >= 11 is 8.04. The molecule has 2 aliphatic heterocycles. The summed E-state index contributed by atoms with van der Waals surface area (Å²) in [6.45, 7) is 4.66. The lowest BCUT2D eigenvalue weighted by molar-refractivity contribution is 0.483. The smallest absolute Gasteiger partial charge is 0.148 e. The predicted molar refractivity (Wildman–Crippen MR) is 114 cm³/mol. The van der Waals surface area contributed by atoms with Gasteiger partial charge in [-0.25, -0.2) is 9.30 Å². The molecule has 8 heteroatoms. The number of anilines is 1. The molecule has 0 atom stereocenters. The second-order valence-corrected chi connectivity index (χ2v) is 7.57. The number of aliphatic imine (C=N–C) groups is 2. The Morgan fingerprint density at radius 2 is 2.22 bits per heavy atom. The van der Waals surface area contributed by atoms with Gasteiger partial charge < -0.3 is 14.4 Å². The lowest BCUT2D eigenvalue weighted by Crippen LogP contribution is -2.29. The highest BCUT2D eigenvalue weighted by molar-refractivity contribution is 7.98. The van der Waals surface area contributed by atoms with E-state index in [0.29, 0.717) is 16.5 Å². The number of fused-ring (bicyclic) bond motifs is 3. The minimum Gasteiger partial charge on any atom is -0.456 e. The number of nitrogens with zero attached hydrogens (tertiary/aromatic N) is 4. The Morgan fingerprint density at radius 3 is 3.07 bits per heavy atom. The Balaban J connectivity index is 1.57. The fourth-order valence-electron chi connectivity index (χ4n) is 2.80. The van der Waals surface area contributed by atoms with Crippen molar-refractivity contribution in [2.45, 2.75) is 6.92 Å². The van der Waals surface area contributed by atoms with Crippen LogP contribution in [0.4, 0.5) is 11.4 Å². The molecule has 0 fully saturated rings. The zero-order valence-electron chi connectivity index (χ0n) is 15.1. The molecule has 0 spiro atoms. The third kappa shape index (κ3) is 3.76. The van der Waals surface area contributed by atoms with Crippen LogP contribution in [0.1, 0.15) is 12.5 Å². The number of rotatable bonds is 6. The van der Waals surface area contributed by atoms with E-state index >= 15 is 0 Å². The first-order chi connectivity index (χ1) is 13.2. The van der Waals surface area contributed by atoms with E-state index in [2.05, 4.69) is 30.8 Å². The van der Waals surface area contributed by atoms with Gasteiger partial charge in [-0.1, -0.05) is 24.6 Å². The molecule has 2 aromatic carbocycles. The molecule has 0 unspecified atom stereocenters. The lowest BCUT2D eigenvalue weighted by atomic mass is 10.1. The van der Waals surface area contributed by atoms with Gasteiger partial charge in [0.25, 0.3) is 0 Å². The monoisotopic (exact) mass is 401 g/mol. The van der Waals surface area contributed by atoms with Crippen molar-refractivity contribution in [1.29, 1.82) is 0 Å². The molecule has 27 heavy (non-hydrogen) atoms. The summed E-state index contributed by atoms with van der Waals surface area (Å²) < 4.78 is 11.4. The van der Waals surface area contributed by atoms with Crippen molar-refractivity contribution >= 4 is 47.3 Å². The van der Waals surface area contributed by atoms with Crippen LogP contribution in [0.15, 0.2) is 46.4 Å². The van der Waals surface area contributed by atoms with Gasteiger partial charge in [0.1, 0.15) is 22.4 Å². The molecule has 2 heterocycles. The molecule has 0 bridgehead atoms. The first kappa shape index (κ1) is 18.2. The van der Waals surface area contributed by atoms with Gasteiger partial charge in [0.2, 0.25) is 0 Å². The van der Waals surface area contributed by atoms with Crippen LogP contribution in [-0.2, 0) is 0 Å². The van der Waals surface area contributed by atoms with E-state index in [-0.39, 0.29) is 0 Å². The number of halogens is 1. The SMILES string of the molecule is CCN(C)SNc1cccc(Oc2ccc3c(c2)C2=NCCN2C=N3)c1Cl. The van der Waals surface area contributed by atoms with E-state index in [4.69, 9.17) is 16.3 Å². The van der Waals surface area contributed by atoms with Gasteiger partial charge in [0.05, 0.1) is 24.3 Å². The Kier molecular flexibility index (Phi) is 5.24. The number of hydrogen-bond donors (Lipinski definition) is 1. The predicted octanol–water partition coefficient (Wildman–Crippen LogP) is 4.79. The van der Waals surface area contributed by atoms with E-state index in [1.54, 1.807) is 0 Å². The normalized spacial score (nSPS) is 14.8. The van der Waals surface area contributed by atoms with Crippen LogP contribution >= 0.6 is 23.7 Å². The van der Waals surface area contributed by atoms with Crippen molar-refractivity contribution in [2.75, 3.05) is 31.4 Å².